The number of hydrogen-bond donors (Lipinski definition) is 1. The van der Waals surface area contributed by atoms with Gasteiger partial charge in [0, 0.05) is 56.0 Å². The highest BCUT2D eigenvalue weighted by molar-refractivity contribution is 6.12. The molecule has 1 saturated heterocycles. The average Bonchev–Trinajstić information content (AvgIpc) is 3.21. The van der Waals surface area contributed by atoms with Crippen LogP contribution in [0.1, 0.15) is 27.1 Å². The number of fused-ring (bicyclic) bond motifs is 1. The zero-order chi connectivity index (χ0) is 31.3. The largest absolute Gasteiger partial charge is 0.339 e. The van der Waals surface area contributed by atoms with Crippen molar-refractivity contribution in [2.45, 2.75) is 6.42 Å². The summed E-state index contributed by atoms with van der Waals surface area (Å²) in [5.41, 5.74) is 4.41. The summed E-state index contributed by atoms with van der Waals surface area (Å²) in [4.78, 5) is 60.6. The summed E-state index contributed by atoms with van der Waals surface area (Å²) in [5.74, 6) is -0.821. The topological polar surface area (TPSA) is 93.3 Å². The van der Waals surface area contributed by atoms with Gasteiger partial charge in [-0.15, -0.1) is 0 Å². The number of nitrogens with one attached hydrogen (secondary N) is 1. The van der Waals surface area contributed by atoms with Crippen molar-refractivity contribution in [1.29, 1.82) is 0 Å². The van der Waals surface area contributed by atoms with Crippen LogP contribution in [0.25, 0.3) is 11.1 Å². The van der Waals surface area contributed by atoms with Crippen molar-refractivity contribution in [2.75, 3.05) is 61.4 Å². The van der Waals surface area contributed by atoms with E-state index >= 15 is 0 Å². The molecule has 4 aromatic carbocycles. The quantitative estimate of drug-likeness (QED) is 0.344. The van der Waals surface area contributed by atoms with E-state index in [0.29, 0.717) is 41.3 Å². The number of nitrogens with zero attached hydrogens (tertiary/aromatic N) is 4. The predicted octanol–water partition coefficient (Wildman–Crippen LogP) is 4.76. The van der Waals surface area contributed by atoms with Crippen molar-refractivity contribution in [3.8, 4) is 11.1 Å². The van der Waals surface area contributed by atoms with Gasteiger partial charge in [-0.3, -0.25) is 19.2 Å². The van der Waals surface area contributed by atoms with Crippen molar-refractivity contribution in [3.63, 3.8) is 0 Å². The van der Waals surface area contributed by atoms with Gasteiger partial charge in [0.2, 0.25) is 11.8 Å². The third-order valence-electron chi connectivity index (χ3n) is 8.35. The number of anilines is 3. The lowest BCUT2D eigenvalue weighted by atomic mass is 9.99. The van der Waals surface area contributed by atoms with E-state index in [2.05, 4.69) is 10.2 Å². The van der Waals surface area contributed by atoms with Crippen LogP contribution in [0.3, 0.4) is 0 Å². The molecule has 0 aliphatic carbocycles. The summed E-state index contributed by atoms with van der Waals surface area (Å²) in [7, 11) is 2.03. The molecule has 45 heavy (non-hydrogen) atoms. The van der Waals surface area contributed by atoms with Crippen molar-refractivity contribution in [3.05, 3.63) is 114 Å². The normalized spacial score (nSPS) is 15.3. The summed E-state index contributed by atoms with van der Waals surface area (Å²) in [6.45, 7) is 2.95. The summed E-state index contributed by atoms with van der Waals surface area (Å²) in [6.07, 6.45) is 0.0887. The van der Waals surface area contributed by atoms with E-state index in [9.17, 15) is 19.2 Å². The maximum absolute atomic E-state index is 13.8. The minimum atomic E-state index is -0.269. The predicted molar refractivity (Wildman–Crippen MR) is 175 cm³/mol. The van der Waals surface area contributed by atoms with E-state index in [1.807, 2.05) is 61.6 Å². The van der Waals surface area contributed by atoms with Gasteiger partial charge in [0.25, 0.3) is 11.8 Å². The van der Waals surface area contributed by atoms with Gasteiger partial charge < -0.3 is 24.9 Å². The fourth-order valence-electron chi connectivity index (χ4n) is 5.79. The van der Waals surface area contributed by atoms with E-state index in [4.69, 9.17) is 0 Å². The number of rotatable bonds is 6. The first-order chi connectivity index (χ1) is 21.9. The molecule has 0 bridgehead atoms. The Balaban J connectivity index is 1.18. The Labute approximate surface area is 262 Å². The summed E-state index contributed by atoms with van der Waals surface area (Å²) >= 11 is 0. The zero-order valence-corrected chi connectivity index (χ0v) is 25.2. The van der Waals surface area contributed by atoms with Crippen LogP contribution >= 0.6 is 0 Å². The lowest BCUT2D eigenvalue weighted by molar-refractivity contribution is -0.132. The molecule has 1 N–H and O–H groups in total. The molecule has 4 aromatic rings. The Morgan fingerprint density at radius 1 is 0.711 bits per heavy atom. The monoisotopic (exact) mass is 601 g/mol. The number of carbonyl (C=O) groups is 4. The number of likely N-dealkylation sites (N-methyl/N-ethyl adjacent to an activating group) is 1. The van der Waals surface area contributed by atoms with Crippen LogP contribution in [-0.4, -0.2) is 79.7 Å². The highest BCUT2D eigenvalue weighted by atomic mass is 16.2. The Kier molecular flexibility index (Phi) is 8.70. The molecular weight excluding hydrogens is 566 g/mol. The lowest BCUT2D eigenvalue weighted by Gasteiger charge is -2.34. The van der Waals surface area contributed by atoms with E-state index in [1.54, 1.807) is 58.3 Å². The van der Waals surface area contributed by atoms with Crippen molar-refractivity contribution in [2.24, 2.45) is 0 Å². The first-order valence-corrected chi connectivity index (χ1v) is 15.1. The highest BCUT2D eigenvalue weighted by Gasteiger charge is 2.32. The van der Waals surface area contributed by atoms with Crippen molar-refractivity contribution < 1.29 is 19.2 Å². The summed E-state index contributed by atoms with van der Waals surface area (Å²) in [6, 6.07) is 31.1. The third kappa shape index (κ3) is 6.49. The third-order valence-corrected chi connectivity index (χ3v) is 8.35. The van der Waals surface area contributed by atoms with Crippen LogP contribution in [0.5, 0.6) is 0 Å². The van der Waals surface area contributed by atoms with Crippen LogP contribution in [0.2, 0.25) is 0 Å². The molecule has 4 amide bonds. The molecule has 0 radical (unpaired) electrons. The van der Waals surface area contributed by atoms with Gasteiger partial charge in [0.15, 0.2) is 0 Å². The molecule has 0 unspecified atom stereocenters. The minimum absolute atomic E-state index is 0.0661. The minimum Gasteiger partial charge on any atom is -0.339 e. The van der Waals surface area contributed by atoms with Gasteiger partial charge in [-0.05, 0) is 60.6 Å². The standard InChI is InChI=1S/C36H35N5O4/c1-38-21-23-39(24-22-38)34(43)25-41-32-14-8-7-13-31(32)40(20-19-33(41)42)36(45)27-15-17-28(18-16-27)37-35(44)30-12-6-5-11-29(30)26-9-3-2-4-10-26/h2-18H,19-25H2,1H3,(H,37,44). The number of carbonyl (C=O) groups excluding carboxylic acids is 4. The molecular formula is C36H35N5O4. The van der Waals surface area contributed by atoms with Gasteiger partial charge in [-0.2, -0.15) is 0 Å². The summed E-state index contributed by atoms with van der Waals surface area (Å²) < 4.78 is 0. The van der Waals surface area contributed by atoms with Crippen LogP contribution in [0.4, 0.5) is 17.1 Å². The molecule has 9 heteroatoms. The summed E-state index contributed by atoms with van der Waals surface area (Å²) in [5, 5.41) is 2.95. The molecule has 9 nitrogen and oxygen atoms in total. The second-order valence-corrected chi connectivity index (χ2v) is 11.3. The van der Waals surface area contributed by atoms with Gasteiger partial charge >= 0.3 is 0 Å². The molecule has 1 fully saturated rings. The lowest BCUT2D eigenvalue weighted by Crippen LogP contribution is -2.50. The van der Waals surface area contributed by atoms with E-state index in [0.717, 1.165) is 24.2 Å². The Morgan fingerprint density at radius 2 is 1.36 bits per heavy atom. The van der Waals surface area contributed by atoms with Crippen molar-refractivity contribution >= 4 is 40.7 Å². The molecule has 6 rings (SSSR count). The maximum Gasteiger partial charge on any atom is 0.258 e. The maximum atomic E-state index is 13.8. The number of hydrogen-bond acceptors (Lipinski definition) is 5. The molecule has 2 heterocycles. The van der Waals surface area contributed by atoms with Crippen molar-refractivity contribution in [1.82, 2.24) is 9.80 Å². The molecule has 228 valence electrons. The average molecular weight is 602 g/mol. The SMILES string of the molecule is CN1CCN(C(=O)CN2C(=O)CCN(C(=O)c3ccc(NC(=O)c4ccccc4-c4ccccc4)cc3)c3ccccc32)CC1. The number of benzene rings is 4. The molecule has 0 spiro atoms. The zero-order valence-electron chi connectivity index (χ0n) is 25.2. The number of amides is 4. The number of piperazine rings is 1. The van der Waals surface area contributed by atoms with Gasteiger partial charge in [0.1, 0.15) is 6.54 Å². The second-order valence-electron chi connectivity index (χ2n) is 11.3. The van der Waals surface area contributed by atoms with Crippen LogP contribution < -0.4 is 15.1 Å². The van der Waals surface area contributed by atoms with Gasteiger partial charge in [-0.1, -0.05) is 60.7 Å². The molecule has 0 aromatic heterocycles. The van der Waals surface area contributed by atoms with E-state index < -0.39 is 0 Å². The van der Waals surface area contributed by atoms with Gasteiger partial charge in [-0.25, -0.2) is 0 Å². The second kappa shape index (κ2) is 13.2. The first kappa shape index (κ1) is 29.8. The molecule has 0 saturated carbocycles. The smallest absolute Gasteiger partial charge is 0.258 e. The number of para-hydroxylation sites is 2. The van der Waals surface area contributed by atoms with Crippen LogP contribution in [-0.2, 0) is 9.59 Å². The first-order valence-electron chi connectivity index (χ1n) is 15.1. The molecule has 0 atom stereocenters. The van der Waals surface area contributed by atoms with E-state index in [1.165, 1.54) is 4.90 Å². The van der Waals surface area contributed by atoms with E-state index in [-0.39, 0.29) is 43.1 Å². The Bertz CT molecular complexity index is 1720. The highest BCUT2D eigenvalue weighted by Crippen LogP contribution is 2.34. The van der Waals surface area contributed by atoms with Gasteiger partial charge in [0.05, 0.1) is 11.4 Å². The van der Waals surface area contributed by atoms with Crippen LogP contribution in [0.15, 0.2) is 103 Å². The Morgan fingerprint density at radius 3 is 2.09 bits per heavy atom. The van der Waals surface area contributed by atoms with Crippen LogP contribution in [0, 0.1) is 0 Å². The molecule has 2 aliphatic rings. The molecule has 2 aliphatic heterocycles. The fraction of sp³-hybridized carbons (Fsp3) is 0.222. The Hall–Kier alpha value is -5.28. The fourth-order valence-corrected chi connectivity index (χ4v) is 5.79.